The van der Waals surface area contributed by atoms with Crippen LogP contribution in [0.25, 0.3) is 0 Å². The van der Waals surface area contributed by atoms with Crippen LogP contribution in [0.1, 0.15) is 12.8 Å². The van der Waals surface area contributed by atoms with Crippen molar-refractivity contribution in [3.05, 3.63) is 40.6 Å². The number of fused-ring (bicyclic) bond motifs is 1. The summed E-state index contributed by atoms with van der Waals surface area (Å²) in [5.41, 5.74) is 5.09. The highest BCUT2D eigenvalue weighted by atomic mass is 79.9. The van der Waals surface area contributed by atoms with Gasteiger partial charge in [0, 0.05) is 22.8 Å². The first-order valence-corrected chi connectivity index (χ1v) is 10.9. The van der Waals surface area contributed by atoms with E-state index in [2.05, 4.69) is 38.3 Å². The fraction of sp³-hybridized carbons (Fsp3) is 0.409. The lowest BCUT2D eigenvalue weighted by atomic mass is 9.98. The lowest BCUT2D eigenvalue weighted by Crippen LogP contribution is -2.33. The molecule has 30 heavy (non-hydrogen) atoms. The maximum Gasteiger partial charge on any atom is 0.163 e. The number of piperidine rings is 1. The van der Waals surface area contributed by atoms with Gasteiger partial charge in [-0.3, -0.25) is 15.4 Å². The van der Waals surface area contributed by atoms with Gasteiger partial charge in [0.05, 0.1) is 37.3 Å². The van der Waals surface area contributed by atoms with Crippen molar-refractivity contribution in [2.24, 2.45) is 10.9 Å². The zero-order valence-corrected chi connectivity index (χ0v) is 18.8. The average Bonchev–Trinajstić information content (AvgIpc) is 2.75. The summed E-state index contributed by atoms with van der Waals surface area (Å²) in [6.07, 6.45) is 4.07. The third kappa shape index (κ3) is 4.70. The molecule has 0 aromatic heterocycles. The number of hydrogen-bond acceptors (Lipinski definition) is 6. The minimum Gasteiger partial charge on any atom is -0.493 e. The predicted octanol–water partition coefficient (Wildman–Crippen LogP) is 4.87. The number of anilines is 2. The van der Waals surface area contributed by atoms with Gasteiger partial charge in [0.1, 0.15) is 5.82 Å². The average molecular weight is 477 g/mol. The van der Waals surface area contributed by atoms with Crippen molar-refractivity contribution >= 4 is 39.2 Å². The topological polar surface area (TPSA) is 49.3 Å². The number of likely N-dealkylation sites (tertiary alicyclic amines) is 1. The molecule has 0 atom stereocenters. The van der Waals surface area contributed by atoms with Gasteiger partial charge in [-0.15, -0.1) is 0 Å². The van der Waals surface area contributed by atoms with E-state index in [-0.39, 0.29) is 5.82 Å². The van der Waals surface area contributed by atoms with Gasteiger partial charge >= 0.3 is 0 Å². The first-order valence-electron chi connectivity index (χ1n) is 10.1. The van der Waals surface area contributed by atoms with E-state index in [4.69, 9.17) is 9.47 Å². The van der Waals surface area contributed by atoms with Crippen LogP contribution in [0.2, 0.25) is 0 Å². The highest BCUT2D eigenvalue weighted by Gasteiger charge is 2.22. The molecule has 1 saturated heterocycles. The van der Waals surface area contributed by atoms with Crippen LogP contribution in [0.4, 0.5) is 21.5 Å². The summed E-state index contributed by atoms with van der Waals surface area (Å²) in [6, 6.07) is 8.71. The van der Waals surface area contributed by atoms with E-state index in [1.165, 1.54) is 6.07 Å². The molecule has 2 heterocycles. The van der Waals surface area contributed by atoms with Crippen LogP contribution in [0.3, 0.4) is 0 Å². The molecule has 2 aromatic carbocycles. The second-order valence-corrected chi connectivity index (χ2v) is 8.62. The number of hydrogen-bond donors (Lipinski definition) is 1. The summed E-state index contributed by atoms with van der Waals surface area (Å²) in [5.74, 6) is 1.54. The molecule has 0 spiro atoms. The van der Waals surface area contributed by atoms with E-state index in [1.807, 2.05) is 17.1 Å². The predicted molar refractivity (Wildman–Crippen MR) is 122 cm³/mol. The van der Waals surface area contributed by atoms with E-state index in [0.29, 0.717) is 40.7 Å². The molecule has 2 aromatic rings. The molecular formula is C22H26BrFN4O2. The zero-order valence-electron chi connectivity index (χ0n) is 17.2. The van der Waals surface area contributed by atoms with Gasteiger partial charge < -0.3 is 14.4 Å². The van der Waals surface area contributed by atoms with Crippen molar-refractivity contribution in [2.45, 2.75) is 12.8 Å². The Kier molecular flexibility index (Phi) is 6.43. The van der Waals surface area contributed by atoms with Gasteiger partial charge in [-0.25, -0.2) is 4.39 Å². The summed E-state index contributed by atoms with van der Waals surface area (Å²) in [7, 11) is 3.78. The number of aliphatic imine (C=N–C) groups is 1. The molecule has 2 aliphatic heterocycles. The number of ether oxygens (including phenoxy) is 2. The molecule has 6 nitrogen and oxygen atoms in total. The molecule has 1 fully saturated rings. The minimum absolute atomic E-state index is 0.335. The van der Waals surface area contributed by atoms with E-state index in [1.54, 1.807) is 25.5 Å². The lowest BCUT2D eigenvalue weighted by molar-refractivity contribution is 0.157. The Labute approximate surface area is 184 Å². The molecule has 8 heteroatoms. The first kappa shape index (κ1) is 20.9. The van der Waals surface area contributed by atoms with Gasteiger partial charge in [-0.1, -0.05) is 15.9 Å². The van der Waals surface area contributed by atoms with Gasteiger partial charge in [-0.05, 0) is 57.1 Å². The molecule has 0 aliphatic carbocycles. The van der Waals surface area contributed by atoms with Crippen LogP contribution in [0.5, 0.6) is 11.5 Å². The Morgan fingerprint density at radius 1 is 1.20 bits per heavy atom. The molecule has 0 amide bonds. The Morgan fingerprint density at radius 3 is 2.73 bits per heavy atom. The molecule has 2 aliphatic rings. The highest BCUT2D eigenvalue weighted by Crippen LogP contribution is 2.41. The van der Waals surface area contributed by atoms with Crippen molar-refractivity contribution in [1.82, 2.24) is 4.90 Å². The third-order valence-electron chi connectivity index (χ3n) is 5.55. The van der Waals surface area contributed by atoms with Gasteiger partial charge in [-0.2, -0.15) is 0 Å². The quantitative estimate of drug-likeness (QED) is 0.644. The summed E-state index contributed by atoms with van der Waals surface area (Å²) in [6.45, 7) is 3.38. The maximum absolute atomic E-state index is 14.3. The largest absolute Gasteiger partial charge is 0.493 e. The number of nitrogens with zero attached hydrogens (tertiary/aromatic N) is 3. The second-order valence-electron chi connectivity index (χ2n) is 7.71. The molecule has 0 saturated carbocycles. The summed E-state index contributed by atoms with van der Waals surface area (Å²) >= 11 is 3.29. The summed E-state index contributed by atoms with van der Waals surface area (Å²) in [4.78, 5) is 6.86. The van der Waals surface area contributed by atoms with Crippen molar-refractivity contribution < 1.29 is 13.9 Å². The van der Waals surface area contributed by atoms with E-state index in [9.17, 15) is 4.39 Å². The SMILES string of the molecule is COc1cc2c(cc1OCC1CCN(C)CC1)N=CCN2Nc1ccc(Br)cc1F. The van der Waals surface area contributed by atoms with E-state index in [0.717, 1.165) is 37.3 Å². The number of nitrogens with one attached hydrogen (secondary N) is 1. The van der Waals surface area contributed by atoms with Crippen LogP contribution in [-0.2, 0) is 0 Å². The van der Waals surface area contributed by atoms with Gasteiger partial charge in [0.15, 0.2) is 11.5 Å². The smallest absolute Gasteiger partial charge is 0.163 e. The van der Waals surface area contributed by atoms with Gasteiger partial charge in [0.2, 0.25) is 0 Å². The fourth-order valence-electron chi connectivity index (χ4n) is 3.72. The molecule has 0 radical (unpaired) electrons. The van der Waals surface area contributed by atoms with Crippen molar-refractivity contribution in [1.29, 1.82) is 0 Å². The molecule has 1 N–H and O–H groups in total. The van der Waals surface area contributed by atoms with Gasteiger partial charge in [0.25, 0.3) is 0 Å². The van der Waals surface area contributed by atoms with Crippen LogP contribution in [0.15, 0.2) is 39.8 Å². The molecule has 0 bridgehead atoms. The Balaban J connectivity index is 1.52. The van der Waals surface area contributed by atoms with Crippen molar-refractivity contribution in [3.8, 4) is 11.5 Å². The molecule has 0 unspecified atom stereocenters. The highest BCUT2D eigenvalue weighted by molar-refractivity contribution is 9.10. The number of rotatable bonds is 6. The second kappa shape index (κ2) is 9.22. The Bertz CT molecular complexity index is 932. The zero-order chi connectivity index (χ0) is 21.1. The van der Waals surface area contributed by atoms with E-state index >= 15 is 0 Å². The number of halogens is 2. The monoisotopic (exact) mass is 476 g/mol. The Hall–Kier alpha value is -2.32. The normalized spacial score (nSPS) is 17.0. The standard InChI is InChI=1S/C22H26BrFN4O2/c1-27-8-5-15(6-9-27)14-30-22-12-19-20(13-21(22)29-2)28(10-7-25-19)26-18-4-3-16(23)11-17(18)24/h3-4,7,11-13,15,26H,5-6,8-10,14H2,1-2H3. The van der Waals surface area contributed by atoms with Crippen LogP contribution in [-0.4, -0.2) is 51.5 Å². The number of benzene rings is 2. The number of hydrazine groups is 1. The maximum atomic E-state index is 14.3. The third-order valence-corrected chi connectivity index (χ3v) is 6.04. The van der Waals surface area contributed by atoms with Crippen LogP contribution in [0, 0.1) is 11.7 Å². The lowest BCUT2D eigenvalue weighted by Gasteiger charge is -2.30. The van der Waals surface area contributed by atoms with E-state index < -0.39 is 0 Å². The van der Waals surface area contributed by atoms with Crippen LogP contribution < -0.4 is 19.9 Å². The van der Waals surface area contributed by atoms with Crippen molar-refractivity contribution in [3.63, 3.8) is 0 Å². The molecule has 4 rings (SSSR count). The first-order chi connectivity index (χ1) is 14.5. The molecule has 160 valence electrons. The Morgan fingerprint density at radius 2 is 2.00 bits per heavy atom. The summed E-state index contributed by atoms with van der Waals surface area (Å²) in [5, 5.41) is 1.85. The van der Waals surface area contributed by atoms with Crippen molar-refractivity contribution in [2.75, 3.05) is 50.8 Å². The minimum atomic E-state index is -0.335. The summed E-state index contributed by atoms with van der Waals surface area (Å²) < 4.78 is 26.7. The molecular weight excluding hydrogens is 451 g/mol. The fourth-order valence-corrected chi connectivity index (χ4v) is 4.05. The van der Waals surface area contributed by atoms with Crippen LogP contribution >= 0.6 is 15.9 Å². The number of methoxy groups -OCH3 is 1.